The molecule has 0 bridgehead atoms. The maximum absolute atomic E-state index is 12.7. The third-order valence-electron chi connectivity index (χ3n) is 3.11. The van der Waals surface area contributed by atoms with Crippen molar-refractivity contribution in [1.29, 1.82) is 5.26 Å². The van der Waals surface area contributed by atoms with Gasteiger partial charge in [0, 0.05) is 6.08 Å². The fourth-order valence-electron chi connectivity index (χ4n) is 2.03. The van der Waals surface area contributed by atoms with Crippen molar-refractivity contribution in [2.45, 2.75) is 13.1 Å². The molecule has 2 heterocycles. The smallest absolute Gasteiger partial charge is 0.416 e. The molecular weight excluding hydrogens is 325 g/mol. The second-order valence-electron chi connectivity index (χ2n) is 4.82. The zero-order chi connectivity index (χ0) is 16.6. The third kappa shape index (κ3) is 3.12. The zero-order valence-corrected chi connectivity index (χ0v) is 12.6. The van der Waals surface area contributed by atoms with E-state index < -0.39 is 11.7 Å². The molecule has 1 aromatic carbocycles. The molecule has 0 aliphatic carbocycles. The summed E-state index contributed by atoms with van der Waals surface area (Å²) in [6.45, 7) is 1.78. The van der Waals surface area contributed by atoms with E-state index in [9.17, 15) is 18.4 Å². The van der Waals surface area contributed by atoms with Gasteiger partial charge in [0.05, 0.1) is 21.4 Å². The Labute approximate surface area is 133 Å². The van der Waals surface area contributed by atoms with E-state index in [2.05, 4.69) is 4.98 Å². The van der Waals surface area contributed by atoms with Gasteiger partial charge in [-0.2, -0.15) is 18.4 Å². The second-order valence-corrected chi connectivity index (χ2v) is 5.85. The van der Waals surface area contributed by atoms with Crippen molar-refractivity contribution in [3.05, 3.63) is 52.4 Å². The first-order valence-electron chi connectivity index (χ1n) is 6.53. The molecular formula is C16H9F3N2OS. The lowest BCUT2D eigenvalue weighted by Crippen LogP contribution is -2.03. The van der Waals surface area contributed by atoms with Gasteiger partial charge in [0.2, 0.25) is 0 Å². The van der Waals surface area contributed by atoms with Crippen LogP contribution in [0.3, 0.4) is 0 Å². The number of thiazole rings is 1. The first-order valence-corrected chi connectivity index (χ1v) is 7.35. The monoisotopic (exact) mass is 334 g/mol. The number of hydrogen-bond acceptors (Lipinski definition) is 4. The molecule has 0 fully saturated rings. The van der Waals surface area contributed by atoms with Crippen LogP contribution in [0.2, 0.25) is 0 Å². The van der Waals surface area contributed by atoms with Crippen molar-refractivity contribution >= 4 is 33.2 Å². The highest BCUT2D eigenvalue weighted by molar-refractivity contribution is 7.19. The molecule has 116 valence electrons. The number of nitrogens with zero attached hydrogens (tertiary/aromatic N) is 2. The van der Waals surface area contributed by atoms with E-state index in [-0.39, 0.29) is 5.57 Å². The number of benzene rings is 1. The van der Waals surface area contributed by atoms with E-state index in [1.807, 2.05) is 6.07 Å². The van der Waals surface area contributed by atoms with Crippen LogP contribution >= 0.6 is 11.3 Å². The average molecular weight is 334 g/mol. The summed E-state index contributed by atoms with van der Waals surface area (Å²) in [4.78, 5) is 4.23. The number of halogens is 3. The standard InChI is InChI=1S/C16H9F3N2OS/c1-9-2-4-12(22-9)6-10(8-20)15-21-13-5-3-11(16(17,18)19)7-14(13)23-15/h2-7H,1H3/b10-6+. The highest BCUT2D eigenvalue weighted by atomic mass is 32.1. The summed E-state index contributed by atoms with van der Waals surface area (Å²) < 4.78 is 44.0. The summed E-state index contributed by atoms with van der Waals surface area (Å²) in [5, 5.41) is 9.64. The van der Waals surface area contributed by atoms with E-state index in [0.29, 0.717) is 26.7 Å². The normalized spacial score (nSPS) is 12.6. The first-order chi connectivity index (χ1) is 10.9. The molecule has 0 radical (unpaired) electrons. The van der Waals surface area contributed by atoms with E-state index in [1.165, 1.54) is 12.1 Å². The third-order valence-corrected chi connectivity index (χ3v) is 4.17. The molecule has 0 aliphatic heterocycles. The summed E-state index contributed by atoms with van der Waals surface area (Å²) in [5.41, 5.74) is -0.0618. The molecule has 2 aromatic heterocycles. The largest absolute Gasteiger partial charge is 0.462 e. The number of rotatable bonds is 2. The molecule has 0 spiro atoms. The van der Waals surface area contributed by atoms with Gasteiger partial charge in [-0.15, -0.1) is 11.3 Å². The predicted octanol–water partition coefficient (Wildman–Crippen LogP) is 5.28. The van der Waals surface area contributed by atoms with Gasteiger partial charge < -0.3 is 4.42 Å². The zero-order valence-electron chi connectivity index (χ0n) is 11.8. The minimum Gasteiger partial charge on any atom is -0.462 e. The van der Waals surface area contributed by atoms with E-state index in [4.69, 9.17) is 4.42 Å². The Kier molecular flexibility index (Phi) is 3.70. The van der Waals surface area contributed by atoms with Crippen molar-refractivity contribution < 1.29 is 17.6 Å². The highest BCUT2D eigenvalue weighted by Crippen LogP contribution is 2.34. The number of fused-ring (bicyclic) bond motifs is 1. The molecule has 3 nitrogen and oxygen atoms in total. The van der Waals surface area contributed by atoms with Gasteiger partial charge >= 0.3 is 6.18 Å². The van der Waals surface area contributed by atoms with Crippen molar-refractivity contribution in [1.82, 2.24) is 4.98 Å². The van der Waals surface area contributed by atoms with Crippen LogP contribution in [-0.2, 0) is 6.18 Å². The Morgan fingerprint density at radius 1 is 1.30 bits per heavy atom. The van der Waals surface area contributed by atoms with Crippen molar-refractivity contribution in [3.63, 3.8) is 0 Å². The number of allylic oxidation sites excluding steroid dienone is 1. The molecule has 0 amide bonds. The average Bonchev–Trinajstić information content (AvgIpc) is 3.08. The Morgan fingerprint density at radius 2 is 2.09 bits per heavy atom. The first kappa shape index (κ1) is 15.3. The van der Waals surface area contributed by atoms with Gasteiger partial charge in [0.25, 0.3) is 0 Å². The van der Waals surface area contributed by atoms with Crippen LogP contribution in [0.25, 0.3) is 21.9 Å². The summed E-state index contributed by atoms with van der Waals surface area (Å²) in [5.74, 6) is 1.20. The SMILES string of the molecule is Cc1ccc(/C=C(\C#N)c2nc3ccc(C(F)(F)F)cc3s2)o1. The van der Waals surface area contributed by atoms with Gasteiger partial charge in [0.15, 0.2) is 0 Å². The van der Waals surface area contributed by atoms with Crippen molar-refractivity contribution in [3.8, 4) is 6.07 Å². The van der Waals surface area contributed by atoms with Crippen LogP contribution in [0.5, 0.6) is 0 Å². The summed E-state index contributed by atoms with van der Waals surface area (Å²) in [6, 6.07) is 8.82. The van der Waals surface area contributed by atoms with Crippen molar-refractivity contribution in [2.75, 3.05) is 0 Å². The number of alkyl halides is 3. The Morgan fingerprint density at radius 3 is 2.70 bits per heavy atom. The van der Waals surface area contributed by atoms with Crippen LogP contribution in [0.4, 0.5) is 13.2 Å². The molecule has 7 heteroatoms. The fourth-order valence-corrected chi connectivity index (χ4v) is 3.00. The lowest BCUT2D eigenvalue weighted by molar-refractivity contribution is -0.137. The molecule has 0 N–H and O–H groups in total. The van der Waals surface area contributed by atoms with Gasteiger partial charge in [-0.05, 0) is 37.3 Å². The van der Waals surface area contributed by atoms with Gasteiger partial charge in [-0.1, -0.05) is 0 Å². The van der Waals surface area contributed by atoms with Crippen LogP contribution < -0.4 is 0 Å². The minimum absolute atomic E-state index is 0.245. The van der Waals surface area contributed by atoms with Gasteiger partial charge in [-0.25, -0.2) is 4.98 Å². The molecule has 0 unspecified atom stereocenters. The van der Waals surface area contributed by atoms with Crippen LogP contribution in [0.15, 0.2) is 34.7 Å². The van der Waals surface area contributed by atoms with E-state index >= 15 is 0 Å². The topological polar surface area (TPSA) is 49.8 Å². The summed E-state index contributed by atoms with van der Waals surface area (Å²) in [6.07, 6.45) is -2.88. The molecule has 3 rings (SSSR count). The maximum Gasteiger partial charge on any atom is 0.416 e. The lowest BCUT2D eigenvalue weighted by Gasteiger charge is -2.04. The van der Waals surface area contributed by atoms with Gasteiger partial charge in [0.1, 0.15) is 22.6 Å². The van der Waals surface area contributed by atoms with E-state index in [0.717, 1.165) is 23.5 Å². The van der Waals surface area contributed by atoms with Crippen LogP contribution in [-0.4, -0.2) is 4.98 Å². The van der Waals surface area contributed by atoms with Gasteiger partial charge in [-0.3, -0.25) is 0 Å². The maximum atomic E-state index is 12.7. The van der Waals surface area contributed by atoms with Crippen LogP contribution in [0, 0.1) is 18.3 Å². The quantitative estimate of drug-likeness (QED) is 0.599. The Hall–Kier alpha value is -2.59. The lowest BCUT2D eigenvalue weighted by atomic mass is 10.2. The molecule has 0 saturated carbocycles. The molecule has 0 saturated heterocycles. The number of aromatic nitrogens is 1. The van der Waals surface area contributed by atoms with Crippen molar-refractivity contribution in [2.24, 2.45) is 0 Å². The fraction of sp³-hybridized carbons (Fsp3) is 0.125. The van der Waals surface area contributed by atoms with Crippen LogP contribution in [0.1, 0.15) is 22.1 Å². The minimum atomic E-state index is -4.40. The molecule has 0 aliphatic rings. The predicted molar refractivity (Wildman–Crippen MR) is 81.6 cm³/mol. The van der Waals surface area contributed by atoms with E-state index in [1.54, 1.807) is 19.1 Å². The highest BCUT2D eigenvalue weighted by Gasteiger charge is 2.30. The Bertz CT molecular complexity index is 944. The summed E-state index contributed by atoms with van der Waals surface area (Å²) in [7, 11) is 0. The molecule has 0 atom stereocenters. The second kappa shape index (κ2) is 5.56. The molecule has 3 aromatic rings. The Balaban J connectivity index is 2.05. The number of furan rings is 1. The summed E-state index contributed by atoms with van der Waals surface area (Å²) >= 11 is 1.04. The number of aryl methyl sites for hydroxylation is 1. The molecule has 23 heavy (non-hydrogen) atoms. The number of hydrogen-bond donors (Lipinski definition) is 0. The number of nitriles is 1.